The monoisotopic (exact) mass is 394 g/mol. The molecular weight excluding hydrogens is 376 g/mol. The molecular formula is C21H18N2O4S. The van der Waals surface area contributed by atoms with E-state index in [4.69, 9.17) is 9.15 Å². The number of hydrogen-bond donors (Lipinski definition) is 0. The van der Waals surface area contributed by atoms with Crippen molar-refractivity contribution >= 4 is 38.4 Å². The lowest BCUT2D eigenvalue weighted by atomic mass is 10.2. The molecule has 6 nitrogen and oxygen atoms in total. The van der Waals surface area contributed by atoms with Crippen molar-refractivity contribution in [3.63, 3.8) is 0 Å². The molecule has 0 aliphatic carbocycles. The highest BCUT2D eigenvalue weighted by Gasteiger charge is 2.15. The van der Waals surface area contributed by atoms with Crippen molar-refractivity contribution in [2.75, 3.05) is 13.2 Å². The van der Waals surface area contributed by atoms with Gasteiger partial charge in [-0.15, -0.1) is 0 Å². The molecule has 1 amide bonds. The van der Waals surface area contributed by atoms with Gasteiger partial charge in [-0.05, 0) is 31.2 Å². The molecule has 142 valence electrons. The first kappa shape index (κ1) is 18.3. The van der Waals surface area contributed by atoms with Crippen molar-refractivity contribution < 1.29 is 13.9 Å². The largest absolute Gasteiger partial charge is 0.463 e. The van der Waals surface area contributed by atoms with Crippen LogP contribution in [0.2, 0.25) is 0 Å². The average Bonchev–Trinajstić information content (AvgIpc) is 3.06. The summed E-state index contributed by atoms with van der Waals surface area (Å²) in [5.74, 6) is -0.615. The van der Waals surface area contributed by atoms with Crippen molar-refractivity contribution in [2.24, 2.45) is 4.99 Å². The number of thiazole rings is 1. The van der Waals surface area contributed by atoms with Crippen molar-refractivity contribution in [2.45, 2.75) is 13.5 Å². The standard InChI is InChI=1S/C21H18N2O4S/c1-2-26-12-11-23-16-8-4-6-10-18(16)28-21(23)22-20(25)15-13-27-17-9-5-3-7-14(17)19(15)24/h3-10,13H,2,11-12H2,1H3. The van der Waals surface area contributed by atoms with Gasteiger partial charge in [-0.2, -0.15) is 4.99 Å². The molecule has 0 bridgehead atoms. The number of nitrogens with zero attached hydrogens (tertiary/aromatic N) is 2. The normalized spacial score (nSPS) is 12.1. The third kappa shape index (κ3) is 3.42. The molecule has 0 saturated carbocycles. The van der Waals surface area contributed by atoms with Crippen LogP contribution in [0, 0.1) is 0 Å². The zero-order valence-electron chi connectivity index (χ0n) is 15.3. The topological polar surface area (TPSA) is 73.8 Å². The molecule has 4 rings (SSSR count). The Hall–Kier alpha value is -3.03. The summed E-state index contributed by atoms with van der Waals surface area (Å²) in [6, 6.07) is 14.7. The summed E-state index contributed by atoms with van der Waals surface area (Å²) in [5.41, 5.74) is 0.965. The number of rotatable bonds is 5. The van der Waals surface area contributed by atoms with Gasteiger partial charge < -0.3 is 13.7 Å². The summed E-state index contributed by atoms with van der Waals surface area (Å²) in [6.07, 6.45) is 1.19. The maximum Gasteiger partial charge on any atom is 0.286 e. The predicted molar refractivity (Wildman–Crippen MR) is 109 cm³/mol. The summed E-state index contributed by atoms with van der Waals surface area (Å²) < 4.78 is 13.9. The van der Waals surface area contributed by atoms with E-state index in [0.29, 0.717) is 35.5 Å². The molecule has 7 heteroatoms. The van der Waals surface area contributed by atoms with Crippen molar-refractivity contribution in [1.82, 2.24) is 4.57 Å². The summed E-state index contributed by atoms with van der Waals surface area (Å²) in [6.45, 7) is 3.63. The summed E-state index contributed by atoms with van der Waals surface area (Å²) in [5, 5.41) is 0.365. The first-order valence-electron chi connectivity index (χ1n) is 8.94. The Morgan fingerprint density at radius 2 is 1.96 bits per heavy atom. The van der Waals surface area contributed by atoms with Crippen LogP contribution in [0.3, 0.4) is 0 Å². The Kier molecular flexibility index (Phi) is 5.18. The summed E-state index contributed by atoms with van der Waals surface area (Å²) in [4.78, 5) is 30.2. The first-order chi connectivity index (χ1) is 13.7. The molecule has 0 aliphatic rings. The summed E-state index contributed by atoms with van der Waals surface area (Å²) in [7, 11) is 0. The molecule has 2 aromatic carbocycles. The number of para-hydroxylation sites is 2. The maximum absolute atomic E-state index is 12.8. The van der Waals surface area contributed by atoms with Crippen LogP contribution in [0.1, 0.15) is 17.3 Å². The van der Waals surface area contributed by atoms with Crippen LogP contribution in [0.4, 0.5) is 0 Å². The Bertz CT molecular complexity index is 1280. The van der Waals surface area contributed by atoms with E-state index in [1.807, 2.05) is 35.8 Å². The number of ether oxygens (including phenoxy) is 1. The number of carbonyl (C=O) groups is 1. The molecule has 0 fully saturated rings. The number of amides is 1. The van der Waals surface area contributed by atoms with E-state index in [-0.39, 0.29) is 11.0 Å². The quantitative estimate of drug-likeness (QED) is 0.485. The van der Waals surface area contributed by atoms with Crippen molar-refractivity contribution in [3.8, 4) is 0 Å². The van der Waals surface area contributed by atoms with E-state index in [9.17, 15) is 9.59 Å². The second-order valence-corrected chi connectivity index (χ2v) is 7.10. The maximum atomic E-state index is 12.8. The van der Waals surface area contributed by atoms with Gasteiger partial charge in [0.15, 0.2) is 4.80 Å². The zero-order chi connectivity index (χ0) is 19.5. The van der Waals surface area contributed by atoms with Crippen LogP contribution in [0.5, 0.6) is 0 Å². The highest BCUT2D eigenvalue weighted by Crippen LogP contribution is 2.17. The van der Waals surface area contributed by atoms with E-state index >= 15 is 0 Å². The van der Waals surface area contributed by atoms with Crippen LogP contribution in [-0.2, 0) is 11.3 Å². The second kappa shape index (κ2) is 7.92. The minimum Gasteiger partial charge on any atom is -0.463 e. The lowest BCUT2D eigenvalue weighted by Crippen LogP contribution is -2.21. The molecule has 28 heavy (non-hydrogen) atoms. The molecule has 0 aliphatic heterocycles. The summed E-state index contributed by atoms with van der Waals surface area (Å²) >= 11 is 1.40. The van der Waals surface area contributed by atoms with E-state index in [0.717, 1.165) is 10.2 Å². The lowest BCUT2D eigenvalue weighted by molar-refractivity contribution is 0.0994. The highest BCUT2D eigenvalue weighted by atomic mass is 32.1. The Labute approximate surface area is 164 Å². The molecule has 0 spiro atoms. The zero-order valence-corrected chi connectivity index (χ0v) is 16.1. The van der Waals surface area contributed by atoms with Crippen LogP contribution >= 0.6 is 11.3 Å². The van der Waals surface area contributed by atoms with Crippen LogP contribution in [-0.4, -0.2) is 23.7 Å². The van der Waals surface area contributed by atoms with Crippen LogP contribution in [0.15, 0.2) is 69.0 Å². The van der Waals surface area contributed by atoms with Gasteiger partial charge in [0.25, 0.3) is 5.91 Å². The van der Waals surface area contributed by atoms with Crippen LogP contribution in [0.25, 0.3) is 21.2 Å². The number of aromatic nitrogens is 1. The predicted octanol–water partition coefficient (Wildman–Crippen LogP) is 3.59. The minimum absolute atomic E-state index is 0.0764. The van der Waals surface area contributed by atoms with Crippen LogP contribution < -0.4 is 10.2 Å². The Balaban J connectivity index is 1.81. The van der Waals surface area contributed by atoms with E-state index < -0.39 is 5.91 Å². The number of carbonyl (C=O) groups excluding carboxylic acids is 1. The molecule has 0 unspecified atom stereocenters. The molecule has 2 aromatic heterocycles. The van der Waals surface area contributed by atoms with Gasteiger partial charge in [-0.3, -0.25) is 9.59 Å². The third-order valence-corrected chi connectivity index (χ3v) is 5.42. The molecule has 0 N–H and O–H groups in total. The average molecular weight is 394 g/mol. The Morgan fingerprint density at radius 1 is 1.18 bits per heavy atom. The first-order valence-corrected chi connectivity index (χ1v) is 9.76. The van der Waals surface area contributed by atoms with Crippen molar-refractivity contribution in [3.05, 3.63) is 75.4 Å². The molecule has 0 saturated heterocycles. The number of fused-ring (bicyclic) bond motifs is 2. The smallest absolute Gasteiger partial charge is 0.286 e. The minimum atomic E-state index is -0.615. The lowest BCUT2D eigenvalue weighted by Gasteiger charge is -2.05. The van der Waals surface area contributed by atoms with Crippen molar-refractivity contribution in [1.29, 1.82) is 0 Å². The fourth-order valence-electron chi connectivity index (χ4n) is 3.00. The van der Waals surface area contributed by atoms with Gasteiger partial charge in [0, 0.05) is 13.2 Å². The van der Waals surface area contributed by atoms with Gasteiger partial charge >= 0.3 is 0 Å². The van der Waals surface area contributed by atoms with Gasteiger partial charge in [-0.25, -0.2) is 0 Å². The van der Waals surface area contributed by atoms with E-state index in [1.54, 1.807) is 24.3 Å². The van der Waals surface area contributed by atoms with E-state index in [2.05, 4.69) is 4.99 Å². The number of hydrogen-bond acceptors (Lipinski definition) is 5. The fraction of sp³-hybridized carbons (Fsp3) is 0.190. The Morgan fingerprint density at radius 3 is 2.82 bits per heavy atom. The fourth-order valence-corrected chi connectivity index (χ4v) is 4.05. The van der Waals surface area contributed by atoms with E-state index in [1.165, 1.54) is 17.6 Å². The SMILES string of the molecule is CCOCCn1c(=NC(=O)c2coc3ccccc3c2=O)sc2ccccc21. The van der Waals surface area contributed by atoms with Gasteiger partial charge in [0.05, 0.1) is 22.2 Å². The molecule has 0 atom stereocenters. The van der Waals surface area contributed by atoms with Gasteiger partial charge in [0.1, 0.15) is 17.4 Å². The van der Waals surface area contributed by atoms with Gasteiger partial charge in [0.2, 0.25) is 5.43 Å². The molecule has 4 aromatic rings. The molecule has 2 heterocycles. The molecule has 0 radical (unpaired) electrons. The van der Waals surface area contributed by atoms with Gasteiger partial charge in [-0.1, -0.05) is 35.6 Å². The number of benzene rings is 2. The highest BCUT2D eigenvalue weighted by molar-refractivity contribution is 7.16. The second-order valence-electron chi connectivity index (χ2n) is 6.09. The third-order valence-electron chi connectivity index (χ3n) is 4.36.